The van der Waals surface area contributed by atoms with E-state index in [0.717, 1.165) is 36.6 Å². The fraction of sp³-hybridized carbons (Fsp3) is 0.625. The lowest BCUT2D eigenvalue weighted by molar-refractivity contribution is 0.258. The van der Waals surface area contributed by atoms with Gasteiger partial charge in [-0.25, -0.2) is 4.39 Å². The zero-order valence-electron chi connectivity index (χ0n) is 11.9. The van der Waals surface area contributed by atoms with Crippen LogP contribution in [0.5, 0.6) is 5.75 Å². The van der Waals surface area contributed by atoms with Gasteiger partial charge in [0.1, 0.15) is 11.6 Å². The highest BCUT2D eigenvalue weighted by atomic mass is 19.1. The Morgan fingerprint density at radius 1 is 1.42 bits per heavy atom. The van der Waals surface area contributed by atoms with Crippen molar-refractivity contribution in [1.82, 2.24) is 5.32 Å². The molecule has 1 aromatic carbocycles. The first kappa shape index (κ1) is 14.3. The van der Waals surface area contributed by atoms with Crippen LogP contribution in [0.3, 0.4) is 0 Å². The first-order valence-corrected chi connectivity index (χ1v) is 7.31. The Morgan fingerprint density at radius 2 is 2.21 bits per heavy atom. The molecule has 1 fully saturated rings. The van der Waals surface area contributed by atoms with E-state index in [0.29, 0.717) is 0 Å². The van der Waals surface area contributed by atoms with Crippen molar-refractivity contribution in [2.45, 2.75) is 45.1 Å². The molecule has 0 saturated heterocycles. The van der Waals surface area contributed by atoms with Crippen LogP contribution in [0.2, 0.25) is 0 Å². The Labute approximate surface area is 115 Å². The van der Waals surface area contributed by atoms with Crippen molar-refractivity contribution in [1.29, 1.82) is 0 Å². The van der Waals surface area contributed by atoms with Crippen LogP contribution in [-0.4, -0.2) is 13.7 Å². The molecule has 0 aliphatic heterocycles. The molecule has 1 aliphatic rings. The molecule has 2 rings (SSSR count). The van der Waals surface area contributed by atoms with Gasteiger partial charge in [-0.1, -0.05) is 26.2 Å². The normalized spacial score (nSPS) is 17.0. The zero-order chi connectivity index (χ0) is 13.7. The maximum atomic E-state index is 13.5. The number of hydrogen-bond donors (Lipinski definition) is 1. The van der Waals surface area contributed by atoms with Crippen LogP contribution in [-0.2, 0) is 0 Å². The van der Waals surface area contributed by atoms with Gasteiger partial charge in [0.15, 0.2) is 0 Å². The van der Waals surface area contributed by atoms with E-state index in [1.165, 1.54) is 25.3 Å². The van der Waals surface area contributed by atoms with Gasteiger partial charge in [0, 0.05) is 11.6 Å². The summed E-state index contributed by atoms with van der Waals surface area (Å²) in [5, 5.41) is 3.54. The standard InChI is InChI=1S/C16H24FNO/c1-3-9-18-15(10-12-5-4-6-12)14-11-13(17)7-8-16(14)19-2/h7-8,11-12,15,18H,3-6,9-10H2,1-2H3. The van der Waals surface area contributed by atoms with E-state index in [-0.39, 0.29) is 11.9 Å². The molecule has 106 valence electrons. The number of ether oxygens (including phenoxy) is 1. The maximum absolute atomic E-state index is 13.5. The minimum absolute atomic E-state index is 0.187. The van der Waals surface area contributed by atoms with Crippen molar-refractivity contribution in [3.63, 3.8) is 0 Å². The van der Waals surface area contributed by atoms with Crippen LogP contribution in [0, 0.1) is 11.7 Å². The van der Waals surface area contributed by atoms with Gasteiger partial charge >= 0.3 is 0 Å². The Kier molecular flexibility index (Phi) is 5.20. The predicted molar refractivity (Wildman–Crippen MR) is 75.9 cm³/mol. The second-order valence-electron chi connectivity index (χ2n) is 5.43. The fourth-order valence-electron chi connectivity index (χ4n) is 2.68. The summed E-state index contributed by atoms with van der Waals surface area (Å²) in [5.41, 5.74) is 0.961. The van der Waals surface area contributed by atoms with Gasteiger partial charge in [-0.2, -0.15) is 0 Å². The van der Waals surface area contributed by atoms with Crippen molar-refractivity contribution >= 4 is 0 Å². The molecule has 19 heavy (non-hydrogen) atoms. The number of benzene rings is 1. The molecule has 0 spiro atoms. The molecule has 3 heteroatoms. The van der Waals surface area contributed by atoms with Gasteiger partial charge < -0.3 is 10.1 Å². The molecule has 0 heterocycles. The van der Waals surface area contributed by atoms with Crippen LogP contribution in [0.1, 0.15) is 50.6 Å². The van der Waals surface area contributed by atoms with E-state index in [2.05, 4.69) is 12.2 Å². The minimum atomic E-state index is -0.187. The van der Waals surface area contributed by atoms with Crippen molar-refractivity contribution < 1.29 is 9.13 Å². The maximum Gasteiger partial charge on any atom is 0.123 e. The van der Waals surface area contributed by atoms with Gasteiger partial charge in [-0.3, -0.25) is 0 Å². The molecule has 1 atom stereocenters. The molecular weight excluding hydrogens is 241 g/mol. The summed E-state index contributed by atoms with van der Waals surface area (Å²) in [4.78, 5) is 0. The Hall–Kier alpha value is -1.09. The molecule has 0 bridgehead atoms. The molecule has 1 aliphatic carbocycles. The molecule has 1 aromatic rings. The van der Waals surface area contributed by atoms with E-state index in [1.807, 2.05) is 0 Å². The monoisotopic (exact) mass is 265 g/mol. The lowest BCUT2D eigenvalue weighted by atomic mass is 9.79. The summed E-state index contributed by atoms with van der Waals surface area (Å²) < 4.78 is 18.9. The van der Waals surface area contributed by atoms with Gasteiger partial charge in [-0.15, -0.1) is 0 Å². The summed E-state index contributed by atoms with van der Waals surface area (Å²) in [5.74, 6) is 1.38. The number of rotatable bonds is 7. The third-order valence-corrected chi connectivity index (χ3v) is 4.00. The largest absolute Gasteiger partial charge is 0.496 e. The third kappa shape index (κ3) is 3.69. The van der Waals surface area contributed by atoms with E-state index in [1.54, 1.807) is 19.2 Å². The van der Waals surface area contributed by atoms with Crippen molar-refractivity contribution in [2.75, 3.05) is 13.7 Å². The predicted octanol–water partition coefficient (Wildman–Crippen LogP) is 4.07. The van der Waals surface area contributed by atoms with Crippen molar-refractivity contribution in [3.8, 4) is 5.75 Å². The van der Waals surface area contributed by atoms with E-state index >= 15 is 0 Å². The highest BCUT2D eigenvalue weighted by Crippen LogP contribution is 2.37. The lowest BCUT2D eigenvalue weighted by Gasteiger charge is -2.31. The van der Waals surface area contributed by atoms with E-state index < -0.39 is 0 Å². The molecule has 0 amide bonds. The Balaban J connectivity index is 2.16. The SMILES string of the molecule is CCCNC(CC1CCC1)c1cc(F)ccc1OC. The molecule has 1 unspecified atom stereocenters. The lowest BCUT2D eigenvalue weighted by Crippen LogP contribution is -2.27. The average Bonchev–Trinajstić information content (AvgIpc) is 2.37. The van der Waals surface area contributed by atoms with Crippen LogP contribution in [0.25, 0.3) is 0 Å². The fourth-order valence-corrected chi connectivity index (χ4v) is 2.68. The molecule has 0 radical (unpaired) electrons. The van der Waals surface area contributed by atoms with Crippen LogP contribution >= 0.6 is 0 Å². The van der Waals surface area contributed by atoms with Crippen LogP contribution < -0.4 is 10.1 Å². The molecule has 1 N–H and O–H groups in total. The summed E-state index contributed by atoms with van der Waals surface area (Å²) in [7, 11) is 1.65. The molecule has 1 saturated carbocycles. The topological polar surface area (TPSA) is 21.3 Å². The van der Waals surface area contributed by atoms with Gasteiger partial charge in [-0.05, 0) is 43.5 Å². The number of halogens is 1. The first-order valence-electron chi connectivity index (χ1n) is 7.31. The summed E-state index contributed by atoms with van der Waals surface area (Å²) in [6.07, 6.45) is 6.12. The molecular formula is C16H24FNO. The number of methoxy groups -OCH3 is 1. The average molecular weight is 265 g/mol. The van der Waals surface area contributed by atoms with Crippen molar-refractivity contribution in [2.24, 2.45) is 5.92 Å². The van der Waals surface area contributed by atoms with Crippen LogP contribution in [0.15, 0.2) is 18.2 Å². The molecule has 0 aromatic heterocycles. The summed E-state index contributed by atoms with van der Waals surface area (Å²) >= 11 is 0. The Morgan fingerprint density at radius 3 is 2.79 bits per heavy atom. The van der Waals surface area contributed by atoms with Gasteiger partial charge in [0.2, 0.25) is 0 Å². The summed E-state index contributed by atoms with van der Waals surface area (Å²) in [6.45, 7) is 3.10. The van der Waals surface area contributed by atoms with E-state index in [4.69, 9.17) is 4.74 Å². The van der Waals surface area contributed by atoms with Gasteiger partial charge in [0.25, 0.3) is 0 Å². The number of nitrogens with one attached hydrogen (secondary N) is 1. The third-order valence-electron chi connectivity index (χ3n) is 4.00. The highest BCUT2D eigenvalue weighted by Gasteiger charge is 2.24. The number of hydrogen-bond acceptors (Lipinski definition) is 2. The smallest absolute Gasteiger partial charge is 0.123 e. The van der Waals surface area contributed by atoms with Gasteiger partial charge in [0.05, 0.1) is 7.11 Å². The quantitative estimate of drug-likeness (QED) is 0.802. The second-order valence-corrected chi connectivity index (χ2v) is 5.43. The summed E-state index contributed by atoms with van der Waals surface area (Å²) in [6, 6.07) is 5.01. The first-order chi connectivity index (χ1) is 9.24. The highest BCUT2D eigenvalue weighted by molar-refractivity contribution is 5.36. The zero-order valence-corrected chi connectivity index (χ0v) is 11.9. The van der Waals surface area contributed by atoms with Crippen LogP contribution in [0.4, 0.5) is 4.39 Å². The minimum Gasteiger partial charge on any atom is -0.496 e. The Bertz CT molecular complexity index is 404. The van der Waals surface area contributed by atoms with Crippen molar-refractivity contribution in [3.05, 3.63) is 29.6 Å². The second kappa shape index (κ2) is 6.90. The van der Waals surface area contributed by atoms with E-state index in [9.17, 15) is 4.39 Å². The molecule has 2 nitrogen and oxygen atoms in total.